The average molecular weight is 556 g/mol. The molecule has 0 saturated carbocycles. The second-order valence-electron chi connectivity index (χ2n) is 9.69. The molecule has 8 nitrogen and oxygen atoms in total. The van der Waals surface area contributed by atoms with E-state index in [1.807, 2.05) is 37.3 Å². The molecular weight excluding hydrogens is 522 g/mol. The first-order valence-electron chi connectivity index (χ1n) is 12.5. The van der Waals surface area contributed by atoms with Gasteiger partial charge in [0.2, 0.25) is 20.0 Å². The molecule has 1 unspecified atom stereocenters. The van der Waals surface area contributed by atoms with Crippen molar-refractivity contribution in [1.29, 1.82) is 0 Å². The van der Waals surface area contributed by atoms with Crippen molar-refractivity contribution in [1.82, 2.24) is 8.61 Å². The van der Waals surface area contributed by atoms with E-state index in [1.165, 1.54) is 39.9 Å². The second kappa shape index (κ2) is 11.8. The smallest absolute Gasteiger partial charge is 0.243 e. The fourth-order valence-corrected chi connectivity index (χ4v) is 7.28. The molecule has 0 aliphatic carbocycles. The minimum absolute atomic E-state index is 0.0652. The van der Waals surface area contributed by atoms with Gasteiger partial charge in [-0.2, -0.15) is 8.61 Å². The van der Waals surface area contributed by atoms with E-state index >= 15 is 0 Å². The summed E-state index contributed by atoms with van der Waals surface area (Å²) in [6, 6.07) is 21.7. The number of nitrogens with one attached hydrogen (secondary N) is 1. The standard InChI is InChI=1S/C28H33N3O5S2/c1-22-8-7-17-31(20-22)38(35,36)27-12-6-11-24(18-27)28(32)19-29-25-13-15-26(16-14-25)37(33,34)30(2)21-23-9-4-3-5-10-23/h3-6,9-16,18,22,29H,7-8,17,19-21H2,1-2H3. The number of sulfonamides is 2. The van der Waals surface area contributed by atoms with Gasteiger partial charge in [0.05, 0.1) is 16.3 Å². The fourth-order valence-electron chi connectivity index (χ4n) is 4.48. The van der Waals surface area contributed by atoms with Crippen LogP contribution in [0.1, 0.15) is 35.7 Å². The van der Waals surface area contributed by atoms with Crippen LogP contribution in [-0.2, 0) is 26.6 Å². The van der Waals surface area contributed by atoms with Gasteiger partial charge in [-0.05, 0) is 60.7 Å². The molecule has 1 fully saturated rings. The SMILES string of the molecule is CC1CCCN(S(=O)(=O)c2cccc(C(=O)CNc3ccc(S(=O)(=O)N(C)Cc4ccccc4)cc3)c2)C1. The summed E-state index contributed by atoms with van der Waals surface area (Å²) in [6.07, 6.45) is 1.83. The summed E-state index contributed by atoms with van der Waals surface area (Å²) in [4.78, 5) is 13.1. The van der Waals surface area contributed by atoms with Gasteiger partial charge < -0.3 is 5.32 Å². The molecule has 202 valence electrons. The summed E-state index contributed by atoms with van der Waals surface area (Å²) in [5, 5.41) is 3.00. The van der Waals surface area contributed by atoms with Crippen LogP contribution in [0.15, 0.2) is 88.7 Å². The Bertz CT molecular complexity index is 1470. The molecule has 1 aliphatic rings. The Balaban J connectivity index is 1.39. The van der Waals surface area contributed by atoms with Crippen molar-refractivity contribution in [3.63, 3.8) is 0 Å². The molecule has 1 atom stereocenters. The number of rotatable bonds is 10. The molecular formula is C28H33N3O5S2. The van der Waals surface area contributed by atoms with Gasteiger partial charge in [-0.25, -0.2) is 16.8 Å². The topological polar surface area (TPSA) is 104 Å². The summed E-state index contributed by atoms with van der Waals surface area (Å²) < 4.78 is 54.9. The van der Waals surface area contributed by atoms with Crippen molar-refractivity contribution in [2.24, 2.45) is 5.92 Å². The van der Waals surface area contributed by atoms with Gasteiger partial charge in [0.15, 0.2) is 5.78 Å². The molecule has 10 heteroatoms. The number of carbonyl (C=O) groups excluding carboxylic acids is 1. The van der Waals surface area contributed by atoms with Gasteiger partial charge in [0, 0.05) is 37.9 Å². The lowest BCUT2D eigenvalue weighted by Gasteiger charge is -2.30. The molecule has 0 bridgehead atoms. The van der Waals surface area contributed by atoms with Gasteiger partial charge in [-0.3, -0.25) is 4.79 Å². The van der Waals surface area contributed by atoms with Gasteiger partial charge in [0.1, 0.15) is 0 Å². The maximum Gasteiger partial charge on any atom is 0.243 e. The van der Waals surface area contributed by atoms with Crippen LogP contribution in [0.3, 0.4) is 0 Å². The minimum atomic E-state index is -3.68. The number of benzene rings is 3. The van der Waals surface area contributed by atoms with Crippen LogP contribution in [0.25, 0.3) is 0 Å². The van der Waals surface area contributed by atoms with Crippen LogP contribution in [-0.4, -0.2) is 57.9 Å². The highest BCUT2D eigenvalue weighted by Gasteiger charge is 2.29. The molecule has 4 rings (SSSR count). The summed E-state index contributed by atoms with van der Waals surface area (Å²) in [6.45, 7) is 3.20. The van der Waals surface area contributed by atoms with Crippen LogP contribution in [0.2, 0.25) is 0 Å². The van der Waals surface area contributed by atoms with E-state index in [-0.39, 0.29) is 28.7 Å². The van der Waals surface area contributed by atoms with E-state index in [4.69, 9.17) is 0 Å². The Kier molecular flexibility index (Phi) is 8.67. The highest BCUT2D eigenvalue weighted by Crippen LogP contribution is 2.24. The highest BCUT2D eigenvalue weighted by atomic mass is 32.2. The van der Waals surface area contributed by atoms with Crippen LogP contribution >= 0.6 is 0 Å². The van der Waals surface area contributed by atoms with Gasteiger partial charge in [0.25, 0.3) is 0 Å². The van der Waals surface area contributed by atoms with E-state index in [9.17, 15) is 21.6 Å². The first-order chi connectivity index (χ1) is 18.1. The maximum atomic E-state index is 13.1. The Morgan fingerprint density at radius 2 is 1.66 bits per heavy atom. The maximum absolute atomic E-state index is 13.1. The number of nitrogens with zero attached hydrogens (tertiary/aromatic N) is 2. The Morgan fingerprint density at radius 3 is 2.34 bits per heavy atom. The number of hydrogen-bond donors (Lipinski definition) is 1. The molecule has 0 spiro atoms. The third-order valence-corrected chi connectivity index (χ3v) is 10.4. The monoisotopic (exact) mass is 555 g/mol. The van der Waals surface area contributed by atoms with Crippen molar-refractivity contribution in [2.75, 3.05) is 32.0 Å². The number of Topliss-reactive ketones (excluding diaryl/α,β-unsaturated/α-hetero) is 1. The van der Waals surface area contributed by atoms with Crippen molar-refractivity contribution >= 4 is 31.5 Å². The van der Waals surface area contributed by atoms with Crippen LogP contribution in [0, 0.1) is 5.92 Å². The molecule has 1 N–H and O–H groups in total. The Morgan fingerprint density at radius 1 is 0.947 bits per heavy atom. The predicted molar refractivity (Wildman–Crippen MR) is 148 cm³/mol. The number of piperidine rings is 1. The zero-order valence-electron chi connectivity index (χ0n) is 21.6. The number of carbonyl (C=O) groups is 1. The number of hydrogen-bond acceptors (Lipinski definition) is 6. The minimum Gasteiger partial charge on any atom is -0.378 e. The Hall–Kier alpha value is -3.05. The molecule has 1 aliphatic heterocycles. The van der Waals surface area contributed by atoms with Gasteiger partial charge in [-0.1, -0.05) is 49.4 Å². The zero-order valence-corrected chi connectivity index (χ0v) is 23.2. The van der Waals surface area contributed by atoms with E-state index in [0.717, 1.165) is 18.4 Å². The van der Waals surface area contributed by atoms with E-state index in [2.05, 4.69) is 5.32 Å². The van der Waals surface area contributed by atoms with Gasteiger partial charge in [-0.15, -0.1) is 0 Å². The summed E-state index contributed by atoms with van der Waals surface area (Å²) >= 11 is 0. The number of ketones is 1. The number of anilines is 1. The molecule has 1 saturated heterocycles. The molecule has 3 aromatic rings. The van der Waals surface area contributed by atoms with Crippen LogP contribution < -0.4 is 5.32 Å². The summed E-state index contributed by atoms with van der Waals surface area (Å²) in [5.41, 5.74) is 1.76. The van der Waals surface area contributed by atoms with E-state index < -0.39 is 20.0 Å². The quantitative estimate of drug-likeness (QED) is 0.376. The first-order valence-corrected chi connectivity index (χ1v) is 15.4. The van der Waals surface area contributed by atoms with Crippen molar-refractivity contribution in [2.45, 2.75) is 36.1 Å². The second-order valence-corrected chi connectivity index (χ2v) is 13.7. The fraction of sp³-hybridized carbons (Fsp3) is 0.321. The van der Waals surface area contributed by atoms with E-state index in [0.29, 0.717) is 30.3 Å². The summed E-state index contributed by atoms with van der Waals surface area (Å²) in [5.74, 6) is 0.0338. The van der Waals surface area contributed by atoms with Crippen molar-refractivity contribution in [3.8, 4) is 0 Å². The molecule has 3 aromatic carbocycles. The molecule has 1 heterocycles. The molecule has 0 aromatic heterocycles. The predicted octanol–water partition coefficient (Wildman–Crippen LogP) is 4.22. The van der Waals surface area contributed by atoms with Crippen LogP contribution in [0.5, 0.6) is 0 Å². The van der Waals surface area contributed by atoms with E-state index in [1.54, 1.807) is 24.3 Å². The lowest BCUT2D eigenvalue weighted by Crippen LogP contribution is -2.39. The van der Waals surface area contributed by atoms with Crippen molar-refractivity contribution < 1.29 is 21.6 Å². The Labute approximate surface area is 225 Å². The molecule has 0 radical (unpaired) electrons. The lowest BCUT2D eigenvalue weighted by atomic mass is 10.0. The third-order valence-electron chi connectivity index (χ3n) is 6.68. The average Bonchev–Trinajstić information content (AvgIpc) is 2.92. The summed E-state index contributed by atoms with van der Waals surface area (Å²) in [7, 11) is -5.81. The van der Waals surface area contributed by atoms with Crippen LogP contribution in [0.4, 0.5) is 5.69 Å². The van der Waals surface area contributed by atoms with Gasteiger partial charge >= 0.3 is 0 Å². The normalized spacial score (nSPS) is 16.9. The lowest BCUT2D eigenvalue weighted by molar-refractivity contribution is 0.101. The zero-order chi connectivity index (χ0) is 27.3. The first kappa shape index (κ1) is 28.0. The largest absolute Gasteiger partial charge is 0.378 e. The van der Waals surface area contributed by atoms with Crippen molar-refractivity contribution in [3.05, 3.63) is 90.0 Å². The third kappa shape index (κ3) is 6.50. The highest BCUT2D eigenvalue weighted by molar-refractivity contribution is 7.89. The molecule has 0 amide bonds. The molecule has 38 heavy (non-hydrogen) atoms.